The van der Waals surface area contributed by atoms with E-state index in [2.05, 4.69) is 47.8 Å². The highest BCUT2D eigenvalue weighted by atomic mass is 14.9. The highest BCUT2D eigenvalue weighted by molar-refractivity contribution is 5.48. The van der Waals surface area contributed by atoms with E-state index in [9.17, 15) is 0 Å². The normalized spacial score (nSPS) is 18.7. The second-order valence-corrected chi connectivity index (χ2v) is 5.39. The molecule has 1 fully saturated rings. The van der Waals surface area contributed by atoms with Gasteiger partial charge in [0.1, 0.15) is 0 Å². The standard InChI is InChI=1S/C17H25N/c1-2-7-13-17(14-8-3-1)18-15-9-12-16-10-5-4-6-11-16/h4-6,9-12,17-18H,1-3,7-8,13-15H2/p+1/b12-9+. The zero-order valence-electron chi connectivity index (χ0n) is 11.4. The second kappa shape index (κ2) is 8.10. The zero-order chi connectivity index (χ0) is 12.5. The van der Waals surface area contributed by atoms with Crippen LogP contribution in [-0.4, -0.2) is 12.6 Å². The van der Waals surface area contributed by atoms with Gasteiger partial charge >= 0.3 is 0 Å². The van der Waals surface area contributed by atoms with Gasteiger partial charge in [-0.1, -0.05) is 55.7 Å². The van der Waals surface area contributed by atoms with E-state index in [1.807, 2.05) is 0 Å². The first kappa shape index (κ1) is 13.4. The zero-order valence-corrected chi connectivity index (χ0v) is 11.4. The number of hydrogen-bond acceptors (Lipinski definition) is 0. The molecule has 1 aromatic rings. The Morgan fingerprint density at radius 1 is 0.944 bits per heavy atom. The van der Waals surface area contributed by atoms with Gasteiger partial charge in [0.25, 0.3) is 0 Å². The monoisotopic (exact) mass is 244 g/mol. The van der Waals surface area contributed by atoms with Crippen LogP contribution in [0.4, 0.5) is 0 Å². The Kier molecular flexibility index (Phi) is 6.01. The average Bonchev–Trinajstić information content (AvgIpc) is 2.38. The Balaban J connectivity index is 1.69. The molecule has 0 spiro atoms. The van der Waals surface area contributed by atoms with E-state index in [1.54, 1.807) is 0 Å². The fraction of sp³-hybridized carbons (Fsp3) is 0.529. The summed E-state index contributed by atoms with van der Waals surface area (Å²) in [5.74, 6) is 0. The highest BCUT2D eigenvalue weighted by Gasteiger charge is 2.12. The van der Waals surface area contributed by atoms with Crippen LogP contribution < -0.4 is 5.32 Å². The third-order valence-corrected chi connectivity index (χ3v) is 3.87. The molecule has 1 heteroatoms. The van der Waals surface area contributed by atoms with Crippen molar-refractivity contribution in [2.45, 2.75) is 51.0 Å². The van der Waals surface area contributed by atoms with Gasteiger partial charge in [-0.2, -0.15) is 0 Å². The molecule has 1 aliphatic carbocycles. The van der Waals surface area contributed by atoms with Gasteiger partial charge in [-0.3, -0.25) is 0 Å². The van der Waals surface area contributed by atoms with Crippen molar-refractivity contribution in [1.29, 1.82) is 0 Å². The maximum absolute atomic E-state index is 2.53. The van der Waals surface area contributed by atoms with Gasteiger partial charge in [0.05, 0.1) is 12.6 Å². The van der Waals surface area contributed by atoms with E-state index < -0.39 is 0 Å². The van der Waals surface area contributed by atoms with Crippen molar-refractivity contribution in [2.75, 3.05) is 6.54 Å². The molecular formula is C17H26N+. The van der Waals surface area contributed by atoms with Crippen LogP contribution >= 0.6 is 0 Å². The Morgan fingerprint density at radius 2 is 1.61 bits per heavy atom. The van der Waals surface area contributed by atoms with E-state index in [0.29, 0.717) is 0 Å². The Labute approximate surface area is 111 Å². The van der Waals surface area contributed by atoms with Crippen molar-refractivity contribution in [3.63, 3.8) is 0 Å². The molecule has 0 unspecified atom stereocenters. The first-order chi connectivity index (χ1) is 8.95. The summed E-state index contributed by atoms with van der Waals surface area (Å²) in [5.41, 5.74) is 1.31. The summed E-state index contributed by atoms with van der Waals surface area (Å²) < 4.78 is 0. The molecule has 1 aliphatic rings. The Hall–Kier alpha value is -1.08. The molecule has 0 aromatic heterocycles. The van der Waals surface area contributed by atoms with Crippen LogP contribution in [0.1, 0.15) is 50.5 Å². The lowest BCUT2D eigenvalue weighted by Crippen LogP contribution is -2.89. The average molecular weight is 244 g/mol. The van der Waals surface area contributed by atoms with Gasteiger partial charge in [-0.15, -0.1) is 0 Å². The molecule has 0 amide bonds. The molecule has 2 N–H and O–H groups in total. The van der Waals surface area contributed by atoms with Crippen molar-refractivity contribution in [3.8, 4) is 0 Å². The van der Waals surface area contributed by atoms with Gasteiger partial charge in [0.15, 0.2) is 0 Å². The summed E-state index contributed by atoms with van der Waals surface area (Å²) in [6.07, 6.45) is 14.6. The molecular weight excluding hydrogens is 218 g/mol. The quantitative estimate of drug-likeness (QED) is 0.836. The van der Waals surface area contributed by atoms with Crippen molar-refractivity contribution in [3.05, 3.63) is 42.0 Å². The van der Waals surface area contributed by atoms with Crippen LogP contribution in [0.5, 0.6) is 0 Å². The summed E-state index contributed by atoms with van der Waals surface area (Å²) in [7, 11) is 0. The minimum atomic E-state index is 0.866. The molecule has 1 nitrogen and oxygen atoms in total. The maximum atomic E-state index is 2.53. The lowest BCUT2D eigenvalue weighted by molar-refractivity contribution is -0.682. The Morgan fingerprint density at radius 3 is 2.33 bits per heavy atom. The first-order valence-corrected chi connectivity index (χ1v) is 7.50. The largest absolute Gasteiger partial charge is 0.341 e. The highest BCUT2D eigenvalue weighted by Crippen LogP contribution is 2.14. The Bertz CT molecular complexity index is 334. The summed E-state index contributed by atoms with van der Waals surface area (Å²) in [4.78, 5) is 0. The van der Waals surface area contributed by atoms with Gasteiger partial charge < -0.3 is 5.32 Å². The third-order valence-electron chi connectivity index (χ3n) is 3.87. The molecule has 0 heterocycles. The van der Waals surface area contributed by atoms with Gasteiger partial charge in [-0.25, -0.2) is 0 Å². The summed E-state index contributed by atoms with van der Waals surface area (Å²) in [5, 5.41) is 2.53. The van der Waals surface area contributed by atoms with Crippen LogP contribution in [0.25, 0.3) is 6.08 Å². The summed E-state index contributed by atoms with van der Waals surface area (Å²) in [6, 6.07) is 11.4. The van der Waals surface area contributed by atoms with Crippen LogP contribution in [-0.2, 0) is 0 Å². The van der Waals surface area contributed by atoms with Crippen LogP contribution in [0.2, 0.25) is 0 Å². The van der Waals surface area contributed by atoms with E-state index >= 15 is 0 Å². The van der Waals surface area contributed by atoms with Crippen LogP contribution in [0.3, 0.4) is 0 Å². The summed E-state index contributed by atoms with van der Waals surface area (Å²) in [6.45, 7) is 1.12. The van der Waals surface area contributed by atoms with Crippen molar-refractivity contribution in [2.24, 2.45) is 0 Å². The van der Waals surface area contributed by atoms with E-state index in [1.165, 1.54) is 50.5 Å². The predicted molar refractivity (Wildman–Crippen MR) is 78.4 cm³/mol. The number of rotatable bonds is 4. The molecule has 0 radical (unpaired) electrons. The summed E-state index contributed by atoms with van der Waals surface area (Å²) >= 11 is 0. The molecule has 0 atom stereocenters. The smallest absolute Gasteiger partial charge is 0.0947 e. The lowest BCUT2D eigenvalue weighted by Gasteiger charge is -2.17. The minimum Gasteiger partial charge on any atom is -0.341 e. The SMILES string of the molecule is C(=C\c1ccccc1)/C[NH2+]C1CCCCCCC1. The van der Waals surface area contributed by atoms with Crippen molar-refractivity contribution in [1.82, 2.24) is 0 Å². The predicted octanol–water partition coefficient (Wildman–Crippen LogP) is 3.38. The van der Waals surface area contributed by atoms with Crippen LogP contribution in [0, 0.1) is 0 Å². The van der Waals surface area contributed by atoms with Gasteiger partial charge in [0.2, 0.25) is 0 Å². The topological polar surface area (TPSA) is 16.6 Å². The molecule has 0 bridgehead atoms. The maximum Gasteiger partial charge on any atom is 0.0947 e. The molecule has 2 rings (SSSR count). The minimum absolute atomic E-state index is 0.866. The molecule has 98 valence electrons. The fourth-order valence-electron chi connectivity index (χ4n) is 2.76. The lowest BCUT2D eigenvalue weighted by atomic mass is 9.97. The van der Waals surface area contributed by atoms with Crippen molar-refractivity contribution < 1.29 is 5.32 Å². The van der Waals surface area contributed by atoms with E-state index in [0.717, 1.165) is 12.6 Å². The molecule has 18 heavy (non-hydrogen) atoms. The fourth-order valence-corrected chi connectivity index (χ4v) is 2.76. The van der Waals surface area contributed by atoms with Gasteiger partial charge in [-0.05, 0) is 37.3 Å². The van der Waals surface area contributed by atoms with E-state index in [-0.39, 0.29) is 0 Å². The second-order valence-electron chi connectivity index (χ2n) is 5.39. The number of nitrogens with two attached hydrogens (primary N) is 1. The van der Waals surface area contributed by atoms with Crippen LogP contribution in [0.15, 0.2) is 36.4 Å². The molecule has 0 aliphatic heterocycles. The molecule has 1 saturated carbocycles. The number of hydrogen-bond donors (Lipinski definition) is 1. The third kappa shape index (κ3) is 5.05. The van der Waals surface area contributed by atoms with Crippen molar-refractivity contribution >= 4 is 6.08 Å². The first-order valence-electron chi connectivity index (χ1n) is 7.50. The molecule has 1 aromatic carbocycles. The number of quaternary nitrogens is 1. The number of benzene rings is 1. The molecule has 0 saturated heterocycles. The van der Waals surface area contributed by atoms with Gasteiger partial charge in [0, 0.05) is 0 Å². The van der Waals surface area contributed by atoms with E-state index in [4.69, 9.17) is 0 Å².